The Morgan fingerprint density at radius 2 is 1.92 bits per heavy atom. The second-order valence-electron chi connectivity index (χ2n) is 10.1. The average Bonchev–Trinajstić information content (AvgIpc) is 3.36. The third-order valence-corrected chi connectivity index (χ3v) is 7.98. The van der Waals surface area contributed by atoms with Gasteiger partial charge in [0.2, 0.25) is 5.91 Å². The molecule has 8 heteroatoms. The number of likely N-dealkylation sites (tertiary alicyclic amines) is 1. The van der Waals surface area contributed by atoms with Gasteiger partial charge in [0, 0.05) is 61.6 Å². The zero-order valence-corrected chi connectivity index (χ0v) is 22.6. The first-order valence-electron chi connectivity index (χ1n) is 12.7. The van der Waals surface area contributed by atoms with Crippen molar-refractivity contribution >= 4 is 44.1 Å². The first-order valence-corrected chi connectivity index (χ1v) is 13.5. The third kappa shape index (κ3) is 5.30. The van der Waals surface area contributed by atoms with Crippen LogP contribution in [0.3, 0.4) is 0 Å². The van der Waals surface area contributed by atoms with Crippen LogP contribution in [0.4, 0.5) is 11.5 Å². The normalized spacial score (nSPS) is 19.1. The lowest BCUT2D eigenvalue weighted by atomic mass is 9.92. The summed E-state index contributed by atoms with van der Waals surface area (Å²) in [5, 5.41) is 2.27. The second kappa shape index (κ2) is 10.6. The summed E-state index contributed by atoms with van der Waals surface area (Å²) in [6.07, 6.45) is 9.19. The first kappa shape index (κ1) is 24.8. The van der Waals surface area contributed by atoms with E-state index in [1.54, 1.807) is 11.9 Å². The lowest BCUT2D eigenvalue weighted by molar-refractivity contribution is -0.113. The maximum absolute atomic E-state index is 12.2. The van der Waals surface area contributed by atoms with Crippen molar-refractivity contribution in [1.29, 1.82) is 0 Å². The summed E-state index contributed by atoms with van der Waals surface area (Å²) in [7, 11) is 3.98. The number of nitrogens with zero attached hydrogens (tertiary/aromatic N) is 6. The molecule has 188 valence electrons. The van der Waals surface area contributed by atoms with Gasteiger partial charge in [-0.25, -0.2) is 15.0 Å². The van der Waals surface area contributed by atoms with E-state index in [-0.39, 0.29) is 5.91 Å². The molecule has 1 amide bonds. The Balaban J connectivity index is 1.47. The Morgan fingerprint density at radius 3 is 2.64 bits per heavy atom. The Kier molecular flexibility index (Phi) is 7.34. The number of hydrogen-bond donors (Lipinski definition) is 0. The van der Waals surface area contributed by atoms with Crippen molar-refractivity contribution in [2.75, 3.05) is 50.1 Å². The second-order valence-corrected chi connectivity index (χ2v) is 11.0. The molecule has 0 saturated carbocycles. The van der Waals surface area contributed by atoms with Gasteiger partial charge in [0.15, 0.2) is 0 Å². The minimum atomic E-state index is -0.114. The Bertz CT molecular complexity index is 1250. The SMILES string of the molecule is C=CC(=O)N(C)c1ccc2c(N3CC[C@@H](Cc4ncc(Br)cn4)C3)nc(C3CCN(C)CC3)cc2c1. The molecule has 1 aromatic carbocycles. The molecule has 36 heavy (non-hydrogen) atoms. The van der Waals surface area contributed by atoms with Gasteiger partial charge in [-0.05, 0) is 97.0 Å². The predicted octanol–water partition coefficient (Wildman–Crippen LogP) is 4.81. The van der Waals surface area contributed by atoms with E-state index < -0.39 is 0 Å². The fourth-order valence-electron chi connectivity index (χ4n) is 5.37. The Labute approximate surface area is 221 Å². The van der Waals surface area contributed by atoms with Crippen LogP contribution < -0.4 is 9.80 Å². The number of halogens is 1. The number of amides is 1. The van der Waals surface area contributed by atoms with E-state index in [1.807, 2.05) is 18.5 Å². The van der Waals surface area contributed by atoms with Crippen LogP contribution >= 0.6 is 15.9 Å². The number of carbonyl (C=O) groups excluding carboxylic acids is 1. The summed E-state index contributed by atoms with van der Waals surface area (Å²) in [6, 6.07) is 8.48. The minimum absolute atomic E-state index is 0.114. The molecule has 5 rings (SSSR count). The van der Waals surface area contributed by atoms with Gasteiger partial charge in [0.05, 0.1) is 4.47 Å². The Morgan fingerprint density at radius 1 is 1.17 bits per heavy atom. The van der Waals surface area contributed by atoms with Gasteiger partial charge in [-0.3, -0.25) is 4.79 Å². The van der Waals surface area contributed by atoms with Crippen LogP contribution in [-0.4, -0.2) is 66.0 Å². The molecule has 2 aromatic heterocycles. The van der Waals surface area contributed by atoms with Gasteiger partial charge >= 0.3 is 0 Å². The highest BCUT2D eigenvalue weighted by Crippen LogP contribution is 2.36. The van der Waals surface area contributed by atoms with E-state index >= 15 is 0 Å². The minimum Gasteiger partial charge on any atom is -0.356 e. The van der Waals surface area contributed by atoms with Gasteiger partial charge in [0.1, 0.15) is 11.6 Å². The van der Waals surface area contributed by atoms with Crippen LogP contribution in [0.1, 0.15) is 36.7 Å². The van der Waals surface area contributed by atoms with Gasteiger partial charge in [-0.15, -0.1) is 0 Å². The molecule has 2 fully saturated rings. The Hall–Kier alpha value is -2.84. The molecule has 2 saturated heterocycles. The molecule has 0 spiro atoms. The lowest BCUT2D eigenvalue weighted by Gasteiger charge is -2.30. The third-order valence-electron chi connectivity index (χ3n) is 7.57. The van der Waals surface area contributed by atoms with Crippen molar-refractivity contribution in [2.45, 2.75) is 31.6 Å². The number of anilines is 2. The molecule has 2 aliphatic heterocycles. The molecule has 3 aromatic rings. The number of piperidine rings is 1. The van der Waals surface area contributed by atoms with Gasteiger partial charge in [-0.1, -0.05) is 6.58 Å². The molecule has 0 unspecified atom stereocenters. The summed E-state index contributed by atoms with van der Waals surface area (Å²) in [5.74, 6) is 2.78. The molecular weight excluding hydrogens is 516 g/mol. The van der Waals surface area contributed by atoms with Crippen molar-refractivity contribution in [3.8, 4) is 0 Å². The number of pyridine rings is 1. The maximum Gasteiger partial charge on any atom is 0.250 e. The topological polar surface area (TPSA) is 65.5 Å². The van der Waals surface area contributed by atoms with Crippen molar-refractivity contribution in [3.63, 3.8) is 0 Å². The molecule has 0 bridgehead atoms. The summed E-state index contributed by atoms with van der Waals surface area (Å²) >= 11 is 3.42. The molecule has 1 atom stereocenters. The van der Waals surface area contributed by atoms with Crippen LogP contribution in [0.15, 0.2) is 53.8 Å². The number of aromatic nitrogens is 3. The van der Waals surface area contributed by atoms with Crippen LogP contribution in [-0.2, 0) is 11.2 Å². The van der Waals surface area contributed by atoms with E-state index in [2.05, 4.69) is 67.5 Å². The van der Waals surface area contributed by atoms with E-state index in [9.17, 15) is 4.79 Å². The number of hydrogen-bond acceptors (Lipinski definition) is 6. The van der Waals surface area contributed by atoms with E-state index in [1.165, 1.54) is 11.8 Å². The largest absolute Gasteiger partial charge is 0.356 e. The highest BCUT2D eigenvalue weighted by molar-refractivity contribution is 9.10. The monoisotopic (exact) mass is 548 g/mol. The van der Waals surface area contributed by atoms with Crippen LogP contribution in [0, 0.1) is 5.92 Å². The summed E-state index contributed by atoms with van der Waals surface area (Å²) < 4.78 is 0.903. The van der Waals surface area contributed by atoms with E-state index in [0.717, 1.165) is 84.4 Å². The molecule has 4 heterocycles. The molecule has 0 radical (unpaired) electrons. The first-order chi connectivity index (χ1) is 17.4. The van der Waals surface area contributed by atoms with Crippen LogP contribution in [0.25, 0.3) is 10.8 Å². The summed E-state index contributed by atoms with van der Waals surface area (Å²) in [6.45, 7) is 7.73. The van der Waals surface area contributed by atoms with Crippen molar-refractivity contribution in [1.82, 2.24) is 19.9 Å². The lowest BCUT2D eigenvalue weighted by Crippen LogP contribution is -2.30. The molecule has 0 aliphatic carbocycles. The van der Waals surface area contributed by atoms with Crippen molar-refractivity contribution < 1.29 is 4.79 Å². The average molecular weight is 550 g/mol. The number of rotatable bonds is 6. The van der Waals surface area contributed by atoms with E-state index in [4.69, 9.17) is 4.98 Å². The van der Waals surface area contributed by atoms with E-state index in [0.29, 0.717) is 11.8 Å². The van der Waals surface area contributed by atoms with Crippen molar-refractivity contribution in [2.24, 2.45) is 5.92 Å². The quantitative estimate of drug-likeness (QED) is 0.411. The zero-order chi connectivity index (χ0) is 25.2. The number of benzene rings is 1. The molecular formula is C28H33BrN6O. The fraction of sp³-hybridized carbons (Fsp3) is 0.429. The van der Waals surface area contributed by atoms with Gasteiger partial charge < -0.3 is 14.7 Å². The number of fused-ring (bicyclic) bond motifs is 1. The molecule has 7 nitrogen and oxygen atoms in total. The highest BCUT2D eigenvalue weighted by Gasteiger charge is 2.28. The highest BCUT2D eigenvalue weighted by atomic mass is 79.9. The van der Waals surface area contributed by atoms with Crippen LogP contribution in [0.5, 0.6) is 0 Å². The van der Waals surface area contributed by atoms with Gasteiger partial charge in [0.25, 0.3) is 0 Å². The smallest absolute Gasteiger partial charge is 0.250 e. The zero-order valence-electron chi connectivity index (χ0n) is 21.0. The summed E-state index contributed by atoms with van der Waals surface area (Å²) in [5.41, 5.74) is 2.03. The van der Waals surface area contributed by atoms with Crippen LogP contribution in [0.2, 0.25) is 0 Å². The van der Waals surface area contributed by atoms with Gasteiger partial charge in [-0.2, -0.15) is 0 Å². The molecule has 0 N–H and O–H groups in total. The molecule has 2 aliphatic rings. The fourth-order valence-corrected chi connectivity index (χ4v) is 5.57. The predicted molar refractivity (Wildman–Crippen MR) is 149 cm³/mol. The van der Waals surface area contributed by atoms with Crippen molar-refractivity contribution in [3.05, 3.63) is 65.3 Å². The summed E-state index contributed by atoms with van der Waals surface area (Å²) in [4.78, 5) is 33.0. The number of carbonyl (C=O) groups is 1. The number of likely N-dealkylation sites (N-methyl/N-ethyl adjacent to an activating group) is 1. The maximum atomic E-state index is 12.2. The standard InChI is InChI=1S/C28H33BrN6O/c1-4-27(36)34(3)23-5-6-24-21(14-23)15-25(20-8-10-33(2)11-9-20)32-28(24)35-12-7-19(18-35)13-26-30-16-22(29)17-31-26/h4-6,14-17,19-20H,1,7-13,18H2,2-3H3/t19-/m0/s1.